The van der Waals surface area contributed by atoms with E-state index < -0.39 is 0 Å². The van der Waals surface area contributed by atoms with Crippen LogP contribution in [0.4, 0.5) is 4.39 Å². The van der Waals surface area contributed by atoms with E-state index in [1.807, 2.05) is 0 Å². The number of nitrogens with two attached hydrogens (primary N) is 1. The molecular weight excluding hydrogens is 248 g/mol. The highest BCUT2D eigenvalue weighted by atomic mass is 35.5. The smallest absolute Gasteiger partial charge is 0.123 e. The molecule has 0 amide bonds. The topological polar surface area (TPSA) is 26.0 Å². The van der Waals surface area contributed by atoms with Crippen LogP contribution in [0.2, 0.25) is 5.02 Å². The van der Waals surface area contributed by atoms with Gasteiger partial charge in [0.1, 0.15) is 5.82 Å². The molecule has 0 radical (unpaired) electrons. The van der Waals surface area contributed by atoms with E-state index in [0.717, 1.165) is 12.8 Å². The van der Waals surface area contributed by atoms with Crippen LogP contribution in [0.3, 0.4) is 0 Å². The summed E-state index contributed by atoms with van der Waals surface area (Å²) in [6.45, 7) is 4.28. The van der Waals surface area contributed by atoms with E-state index in [1.165, 1.54) is 12.1 Å². The molecule has 0 unspecified atom stereocenters. The second-order valence-electron chi connectivity index (χ2n) is 4.24. The van der Waals surface area contributed by atoms with E-state index in [9.17, 15) is 4.39 Å². The minimum absolute atomic E-state index is 0. The molecule has 0 aromatic heterocycles. The van der Waals surface area contributed by atoms with E-state index in [1.54, 1.807) is 6.07 Å². The van der Waals surface area contributed by atoms with Gasteiger partial charge < -0.3 is 5.73 Å². The van der Waals surface area contributed by atoms with Crippen LogP contribution in [0.25, 0.3) is 0 Å². The highest BCUT2D eigenvalue weighted by molar-refractivity contribution is 6.31. The third-order valence-corrected chi connectivity index (χ3v) is 2.76. The summed E-state index contributed by atoms with van der Waals surface area (Å²) in [5.41, 5.74) is 6.67. The van der Waals surface area contributed by atoms with Crippen LogP contribution in [0.1, 0.15) is 38.3 Å². The summed E-state index contributed by atoms with van der Waals surface area (Å²) >= 11 is 5.96. The van der Waals surface area contributed by atoms with Crippen LogP contribution >= 0.6 is 24.0 Å². The molecule has 0 aliphatic heterocycles. The minimum atomic E-state index is -0.283. The lowest BCUT2D eigenvalue weighted by Gasteiger charge is -2.14. The number of hydrogen-bond donors (Lipinski definition) is 1. The van der Waals surface area contributed by atoms with E-state index >= 15 is 0 Å². The fraction of sp³-hybridized carbons (Fsp3) is 0.500. The van der Waals surface area contributed by atoms with Crippen LogP contribution in [0, 0.1) is 11.7 Å². The molecular formula is C12H18Cl2FN. The molecule has 0 heterocycles. The summed E-state index contributed by atoms with van der Waals surface area (Å²) < 4.78 is 13.0. The molecule has 1 aromatic carbocycles. The lowest BCUT2D eigenvalue weighted by molar-refractivity contribution is 0.505. The van der Waals surface area contributed by atoms with Crippen molar-refractivity contribution in [3.8, 4) is 0 Å². The van der Waals surface area contributed by atoms with Gasteiger partial charge >= 0.3 is 0 Å². The van der Waals surface area contributed by atoms with Crippen molar-refractivity contribution in [2.75, 3.05) is 0 Å². The lowest BCUT2D eigenvalue weighted by atomic mass is 9.98. The molecule has 1 aromatic rings. The Kier molecular flexibility index (Phi) is 6.96. The molecule has 92 valence electrons. The van der Waals surface area contributed by atoms with Crippen molar-refractivity contribution in [2.45, 2.75) is 32.7 Å². The summed E-state index contributed by atoms with van der Waals surface area (Å²) in [5, 5.41) is 0.549. The van der Waals surface area contributed by atoms with Crippen LogP contribution in [0.15, 0.2) is 18.2 Å². The van der Waals surface area contributed by atoms with E-state index in [4.69, 9.17) is 17.3 Å². The van der Waals surface area contributed by atoms with Gasteiger partial charge in [0.25, 0.3) is 0 Å². The second kappa shape index (κ2) is 7.10. The first-order valence-electron chi connectivity index (χ1n) is 5.21. The predicted molar refractivity (Wildman–Crippen MR) is 69.7 cm³/mol. The molecule has 0 bridgehead atoms. The average molecular weight is 266 g/mol. The molecule has 16 heavy (non-hydrogen) atoms. The van der Waals surface area contributed by atoms with Crippen LogP contribution in [0.5, 0.6) is 0 Å². The predicted octanol–water partition coefficient (Wildman–Crippen LogP) is 4.34. The number of benzene rings is 1. The van der Waals surface area contributed by atoms with Gasteiger partial charge in [0, 0.05) is 11.1 Å². The van der Waals surface area contributed by atoms with Crippen molar-refractivity contribution in [3.63, 3.8) is 0 Å². The molecule has 1 atom stereocenters. The summed E-state index contributed by atoms with van der Waals surface area (Å²) in [6.07, 6.45) is 1.86. The van der Waals surface area contributed by atoms with Gasteiger partial charge in [0.05, 0.1) is 0 Å². The highest BCUT2D eigenvalue weighted by Crippen LogP contribution is 2.26. The molecule has 0 saturated heterocycles. The third-order valence-electron chi connectivity index (χ3n) is 2.41. The Labute approximate surface area is 108 Å². The van der Waals surface area contributed by atoms with Crippen LogP contribution < -0.4 is 5.73 Å². The normalized spacial score (nSPS) is 12.4. The van der Waals surface area contributed by atoms with Gasteiger partial charge in [-0.3, -0.25) is 0 Å². The molecule has 0 aliphatic rings. The van der Waals surface area contributed by atoms with Crippen molar-refractivity contribution in [1.29, 1.82) is 0 Å². The first-order valence-corrected chi connectivity index (χ1v) is 5.59. The summed E-state index contributed by atoms with van der Waals surface area (Å²) in [7, 11) is 0. The fourth-order valence-electron chi connectivity index (χ4n) is 1.47. The van der Waals surface area contributed by atoms with Gasteiger partial charge in [-0.05, 0) is 42.5 Å². The van der Waals surface area contributed by atoms with E-state index in [-0.39, 0.29) is 24.3 Å². The first kappa shape index (κ1) is 15.7. The highest BCUT2D eigenvalue weighted by Gasteiger charge is 2.11. The maximum absolute atomic E-state index is 13.0. The second-order valence-corrected chi connectivity index (χ2v) is 4.65. The van der Waals surface area contributed by atoms with E-state index in [2.05, 4.69) is 13.8 Å². The third kappa shape index (κ3) is 4.69. The monoisotopic (exact) mass is 265 g/mol. The van der Waals surface area contributed by atoms with E-state index in [0.29, 0.717) is 16.5 Å². The van der Waals surface area contributed by atoms with Crippen molar-refractivity contribution in [3.05, 3.63) is 34.6 Å². The van der Waals surface area contributed by atoms with Gasteiger partial charge in [-0.1, -0.05) is 25.4 Å². The molecule has 0 saturated carbocycles. The van der Waals surface area contributed by atoms with Crippen molar-refractivity contribution >= 4 is 24.0 Å². The molecule has 0 fully saturated rings. The number of hydrogen-bond acceptors (Lipinski definition) is 1. The Bertz CT molecular complexity index is 329. The quantitative estimate of drug-likeness (QED) is 0.862. The largest absolute Gasteiger partial charge is 0.324 e. The standard InChI is InChI=1S/C12H17ClFN.ClH/c1-8(2)3-6-12(15)10-7-9(14)4-5-11(10)13;/h4-5,7-8,12H,3,6,15H2,1-2H3;1H/t12-;/m1./s1. The minimum Gasteiger partial charge on any atom is -0.324 e. The summed E-state index contributed by atoms with van der Waals surface area (Å²) in [6, 6.07) is 4.16. The molecule has 2 N–H and O–H groups in total. The van der Waals surface area contributed by atoms with Gasteiger partial charge in [-0.25, -0.2) is 4.39 Å². The first-order chi connectivity index (χ1) is 7.00. The zero-order valence-corrected chi connectivity index (χ0v) is 11.1. The maximum atomic E-state index is 13.0. The molecule has 1 rings (SSSR count). The zero-order chi connectivity index (χ0) is 11.4. The van der Waals surface area contributed by atoms with Crippen LogP contribution in [-0.2, 0) is 0 Å². The summed E-state index contributed by atoms with van der Waals surface area (Å²) in [4.78, 5) is 0. The molecule has 1 nitrogen and oxygen atoms in total. The van der Waals surface area contributed by atoms with Crippen molar-refractivity contribution in [1.82, 2.24) is 0 Å². The summed E-state index contributed by atoms with van der Waals surface area (Å²) in [5.74, 6) is 0.317. The number of halogens is 3. The van der Waals surface area contributed by atoms with Crippen molar-refractivity contribution in [2.24, 2.45) is 11.7 Å². The Morgan fingerprint density at radius 3 is 2.50 bits per heavy atom. The van der Waals surface area contributed by atoms with Gasteiger partial charge in [-0.15, -0.1) is 12.4 Å². The zero-order valence-electron chi connectivity index (χ0n) is 9.54. The fourth-order valence-corrected chi connectivity index (χ4v) is 1.72. The molecule has 0 aliphatic carbocycles. The van der Waals surface area contributed by atoms with Crippen LogP contribution in [-0.4, -0.2) is 0 Å². The molecule has 4 heteroatoms. The Hall–Kier alpha value is -0.310. The lowest BCUT2D eigenvalue weighted by Crippen LogP contribution is -2.12. The SMILES string of the molecule is CC(C)CC[C@@H](N)c1cc(F)ccc1Cl.Cl. The Morgan fingerprint density at radius 2 is 1.94 bits per heavy atom. The number of rotatable bonds is 4. The maximum Gasteiger partial charge on any atom is 0.123 e. The van der Waals surface area contributed by atoms with Crippen molar-refractivity contribution < 1.29 is 4.39 Å². The molecule has 0 spiro atoms. The Balaban J connectivity index is 0.00000225. The van der Waals surface area contributed by atoms with Gasteiger partial charge in [-0.2, -0.15) is 0 Å². The van der Waals surface area contributed by atoms with Gasteiger partial charge in [0.2, 0.25) is 0 Å². The average Bonchev–Trinajstić information content (AvgIpc) is 2.18. The van der Waals surface area contributed by atoms with Gasteiger partial charge in [0.15, 0.2) is 0 Å². The Morgan fingerprint density at radius 1 is 1.31 bits per heavy atom.